The van der Waals surface area contributed by atoms with Crippen LogP contribution >= 0.6 is 0 Å². The molecule has 1 aliphatic heterocycles. The Morgan fingerprint density at radius 3 is 2.43 bits per heavy atom. The standard InChI is InChI=1S/C30H23NO6/c1-2-36-24-14-8-7-13-23(24)31-29(34)27(33)25(28-21-11-5-6-12-22(21)30(35)37-28)26(32)20-16-15-18-9-3-4-10-19(18)17-20/h3-17,28,32H,2H2,1H3,(H,31,34)/b26-25-/t28-/m1/s1. The van der Waals surface area contributed by atoms with Crippen LogP contribution in [0.25, 0.3) is 16.5 Å². The molecule has 0 bridgehead atoms. The molecule has 0 aliphatic carbocycles. The fourth-order valence-corrected chi connectivity index (χ4v) is 4.36. The Morgan fingerprint density at radius 1 is 0.919 bits per heavy atom. The van der Waals surface area contributed by atoms with Gasteiger partial charge in [-0.25, -0.2) is 4.79 Å². The third kappa shape index (κ3) is 4.54. The first-order valence-electron chi connectivity index (χ1n) is 11.8. The van der Waals surface area contributed by atoms with E-state index in [9.17, 15) is 19.5 Å². The first-order valence-corrected chi connectivity index (χ1v) is 11.8. The van der Waals surface area contributed by atoms with Crippen LogP contribution in [0.3, 0.4) is 0 Å². The minimum atomic E-state index is -1.25. The average Bonchev–Trinajstić information content (AvgIpc) is 3.25. The van der Waals surface area contributed by atoms with Gasteiger partial charge in [0.2, 0.25) is 0 Å². The van der Waals surface area contributed by atoms with Gasteiger partial charge in [0.05, 0.1) is 23.4 Å². The van der Waals surface area contributed by atoms with Crippen molar-refractivity contribution in [1.29, 1.82) is 0 Å². The molecule has 2 N–H and O–H groups in total. The zero-order chi connectivity index (χ0) is 25.9. The Labute approximate surface area is 213 Å². The van der Waals surface area contributed by atoms with E-state index in [0.717, 1.165) is 10.8 Å². The highest BCUT2D eigenvalue weighted by atomic mass is 16.5. The van der Waals surface area contributed by atoms with E-state index in [1.54, 1.807) is 73.7 Å². The van der Waals surface area contributed by atoms with Crippen molar-refractivity contribution in [2.75, 3.05) is 11.9 Å². The molecule has 0 spiro atoms. The van der Waals surface area contributed by atoms with Crippen LogP contribution in [0.5, 0.6) is 5.75 Å². The van der Waals surface area contributed by atoms with Gasteiger partial charge in [0.25, 0.3) is 11.7 Å². The molecule has 0 unspecified atom stereocenters. The van der Waals surface area contributed by atoms with Crippen molar-refractivity contribution in [2.24, 2.45) is 0 Å². The van der Waals surface area contributed by atoms with E-state index < -0.39 is 29.5 Å². The summed E-state index contributed by atoms with van der Waals surface area (Å²) in [5.74, 6) is -2.73. The summed E-state index contributed by atoms with van der Waals surface area (Å²) in [6, 6.07) is 26.0. The molecule has 0 aromatic heterocycles. The summed E-state index contributed by atoms with van der Waals surface area (Å²) in [6.45, 7) is 2.17. The molecule has 1 aliphatic rings. The molecule has 7 nitrogen and oxygen atoms in total. The van der Waals surface area contributed by atoms with Gasteiger partial charge in [0.15, 0.2) is 6.10 Å². The fraction of sp³-hybridized carbons (Fsp3) is 0.100. The Kier molecular flexibility index (Phi) is 6.43. The number of ketones is 1. The number of hydrogen-bond acceptors (Lipinski definition) is 6. The minimum Gasteiger partial charge on any atom is -0.507 e. The van der Waals surface area contributed by atoms with Crippen LogP contribution in [0, 0.1) is 0 Å². The lowest BCUT2D eigenvalue weighted by molar-refractivity contribution is -0.133. The Morgan fingerprint density at radius 2 is 1.62 bits per heavy atom. The van der Waals surface area contributed by atoms with Gasteiger partial charge in [0, 0.05) is 11.1 Å². The number of aliphatic hydroxyl groups excluding tert-OH is 1. The highest BCUT2D eigenvalue weighted by Crippen LogP contribution is 2.39. The highest BCUT2D eigenvalue weighted by molar-refractivity contribution is 6.47. The number of ether oxygens (including phenoxy) is 2. The Hall–Kier alpha value is -4.91. The van der Waals surface area contributed by atoms with E-state index in [-0.39, 0.29) is 11.1 Å². The third-order valence-electron chi connectivity index (χ3n) is 6.11. The maximum absolute atomic E-state index is 13.6. The second-order valence-corrected chi connectivity index (χ2v) is 8.41. The maximum Gasteiger partial charge on any atom is 0.339 e. The summed E-state index contributed by atoms with van der Waals surface area (Å²) in [5.41, 5.74) is 0.943. The third-order valence-corrected chi connectivity index (χ3v) is 6.11. The van der Waals surface area contributed by atoms with Crippen LogP contribution in [0.15, 0.2) is 96.6 Å². The summed E-state index contributed by atoms with van der Waals surface area (Å²) < 4.78 is 11.1. The molecular formula is C30H23NO6. The summed E-state index contributed by atoms with van der Waals surface area (Å²) >= 11 is 0. The topological polar surface area (TPSA) is 102 Å². The van der Waals surface area contributed by atoms with Crippen molar-refractivity contribution in [1.82, 2.24) is 0 Å². The number of cyclic esters (lactones) is 1. The number of Topliss-reactive ketones (excluding diaryl/α,β-unsaturated/α-hetero) is 1. The van der Waals surface area contributed by atoms with Crippen molar-refractivity contribution in [3.05, 3.63) is 113 Å². The van der Waals surface area contributed by atoms with Crippen LogP contribution in [0.1, 0.15) is 34.5 Å². The number of amides is 1. The van der Waals surface area contributed by atoms with Gasteiger partial charge in [-0.2, -0.15) is 0 Å². The predicted octanol–water partition coefficient (Wildman–Crippen LogP) is 5.63. The molecule has 0 radical (unpaired) electrons. The average molecular weight is 494 g/mol. The first kappa shape index (κ1) is 23.8. The molecule has 1 amide bonds. The SMILES string of the molecule is CCOc1ccccc1NC(=O)C(=O)/C(=C(/O)c1ccc2ccccc2c1)[C@@H]1OC(=O)c2ccccc21. The van der Waals surface area contributed by atoms with Gasteiger partial charge in [-0.15, -0.1) is 0 Å². The lowest BCUT2D eigenvalue weighted by Gasteiger charge is -2.18. The van der Waals surface area contributed by atoms with Crippen molar-refractivity contribution in [2.45, 2.75) is 13.0 Å². The summed E-state index contributed by atoms with van der Waals surface area (Å²) in [7, 11) is 0. The number of hydrogen-bond donors (Lipinski definition) is 2. The van der Waals surface area contributed by atoms with Crippen molar-refractivity contribution in [3.8, 4) is 5.75 Å². The first-order chi connectivity index (χ1) is 18.0. The van der Waals surface area contributed by atoms with E-state index in [0.29, 0.717) is 29.2 Å². The lowest BCUT2D eigenvalue weighted by Crippen LogP contribution is -2.28. The van der Waals surface area contributed by atoms with Crippen molar-refractivity contribution >= 4 is 39.9 Å². The second kappa shape index (κ2) is 9.99. The lowest BCUT2D eigenvalue weighted by atomic mass is 9.92. The van der Waals surface area contributed by atoms with Crippen LogP contribution < -0.4 is 10.1 Å². The number of benzene rings is 4. The maximum atomic E-state index is 13.6. The number of nitrogens with one attached hydrogen (secondary N) is 1. The molecule has 7 heteroatoms. The van der Waals surface area contributed by atoms with Crippen molar-refractivity contribution < 1.29 is 29.0 Å². The number of rotatable bonds is 7. The zero-order valence-electron chi connectivity index (χ0n) is 19.9. The zero-order valence-corrected chi connectivity index (χ0v) is 19.9. The van der Waals surface area contributed by atoms with Gasteiger partial charge in [-0.3, -0.25) is 9.59 Å². The predicted molar refractivity (Wildman–Crippen MR) is 139 cm³/mol. The molecule has 4 aromatic rings. The highest BCUT2D eigenvalue weighted by Gasteiger charge is 2.40. The van der Waals surface area contributed by atoms with Gasteiger partial charge in [-0.05, 0) is 42.0 Å². The molecule has 0 fully saturated rings. The molecule has 1 heterocycles. The molecule has 184 valence electrons. The number of aliphatic hydroxyl groups is 1. The molecule has 0 saturated heterocycles. The quantitative estimate of drug-likeness (QED) is 0.150. The van der Waals surface area contributed by atoms with E-state index in [1.807, 2.05) is 24.3 Å². The molecule has 5 rings (SSSR count). The molecule has 0 saturated carbocycles. The number of anilines is 1. The van der Waals surface area contributed by atoms with Gasteiger partial charge in [0.1, 0.15) is 11.5 Å². The minimum absolute atomic E-state index is 0.270. The van der Waals surface area contributed by atoms with Gasteiger partial charge in [-0.1, -0.05) is 66.7 Å². The monoisotopic (exact) mass is 493 g/mol. The summed E-state index contributed by atoms with van der Waals surface area (Å²) in [5, 5.41) is 15.7. The molecule has 37 heavy (non-hydrogen) atoms. The van der Waals surface area contributed by atoms with E-state index in [1.165, 1.54) is 0 Å². The van der Waals surface area contributed by atoms with Crippen LogP contribution in [0.2, 0.25) is 0 Å². The van der Waals surface area contributed by atoms with Crippen LogP contribution in [-0.4, -0.2) is 29.4 Å². The molecule has 4 aromatic carbocycles. The van der Waals surface area contributed by atoms with E-state index in [4.69, 9.17) is 9.47 Å². The van der Waals surface area contributed by atoms with Gasteiger partial charge < -0.3 is 19.9 Å². The fourth-order valence-electron chi connectivity index (χ4n) is 4.36. The number of para-hydroxylation sites is 2. The number of esters is 1. The van der Waals surface area contributed by atoms with Crippen LogP contribution in [0.4, 0.5) is 5.69 Å². The smallest absolute Gasteiger partial charge is 0.339 e. The molecular weight excluding hydrogens is 470 g/mol. The largest absolute Gasteiger partial charge is 0.507 e. The van der Waals surface area contributed by atoms with E-state index in [2.05, 4.69) is 5.32 Å². The number of fused-ring (bicyclic) bond motifs is 2. The number of carbonyl (C=O) groups is 3. The Bertz CT molecular complexity index is 1570. The number of carbonyl (C=O) groups excluding carboxylic acids is 3. The Balaban J connectivity index is 1.60. The van der Waals surface area contributed by atoms with Crippen molar-refractivity contribution in [3.63, 3.8) is 0 Å². The summed E-state index contributed by atoms with van der Waals surface area (Å²) in [6.07, 6.45) is -1.25. The second-order valence-electron chi connectivity index (χ2n) is 8.41. The van der Waals surface area contributed by atoms with Crippen LogP contribution in [-0.2, 0) is 14.3 Å². The molecule has 1 atom stereocenters. The summed E-state index contributed by atoms with van der Waals surface area (Å²) in [4.78, 5) is 39.4. The van der Waals surface area contributed by atoms with E-state index >= 15 is 0 Å². The van der Waals surface area contributed by atoms with Gasteiger partial charge >= 0.3 is 5.97 Å². The normalized spacial score (nSPS) is 14.9.